The Hall–Kier alpha value is -1.55. The Kier molecular flexibility index (Phi) is 20.0. The number of nitrogens with one attached hydrogen (secondary N) is 1. The first-order valence-corrected chi connectivity index (χ1v) is 17.9. The van der Waals surface area contributed by atoms with E-state index in [0.717, 1.165) is 35.5 Å². The quantitative estimate of drug-likeness (QED) is 0.226. The van der Waals surface area contributed by atoms with Crippen LogP contribution in [-0.4, -0.2) is 57.4 Å². The van der Waals surface area contributed by atoms with Gasteiger partial charge in [0.15, 0.2) is 0 Å². The van der Waals surface area contributed by atoms with Gasteiger partial charge >= 0.3 is 35.6 Å². The molecule has 0 unspecified atom stereocenters. The Labute approximate surface area is 333 Å². The molecular weight excluding hydrogens is 749 g/mol. The zero-order chi connectivity index (χ0) is 37.8. The van der Waals surface area contributed by atoms with Crippen LogP contribution in [0.4, 0.5) is 0 Å². The smallest absolute Gasteiger partial charge is 0.872 e. The third-order valence-electron chi connectivity index (χ3n) is 7.71. The summed E-state index contributed by atoms with van der Waals surface area (Å²) in [5, 5.41) is 39.6. The van der Waals surface area contributed by atoms with Crippen molar-refractivity contribution in [1.29, 1.82) is 0 Å². The maximum Gasteiger partial charge on any atom is 3.00 e. The largest absolute Gasteiger partial charge is 3.00 e. The molecule has 1 N–H and O–H groups in total. The van der Waals surface area contributed by atoms with Crippen LogP contribution < -0.4 is 20.6 Å². The van der Waals surface area contributed by atoms with Crippen molar-refractivity contribution >= 4 is 12.4 Å². The summed E-state index contributed by atoms with van der Waals surface area (Å²) in [4.78, 5) is 9.05. The molecule has 1 aliphatic heterocycles. The molecule has 1 fully saturated rings. The van der Waals surface area contributed by atoms with Gasteiger partial charge in [0, 0.05) is 38.7 Å². The molecule has 0 atom stereocenters. The van der Waals surface area contributed by atoms with Crippen molar-refractivity contribution in [2.24, 2.45) is 9.98 Å². The molecule has 1 heterocycles. The molecule has 0 radical (unpaired) electrons. The Morgan fingerprint density at radius 3 is 1.16 bits per heavy atom. The van der Waals surface area contributed by atoms with Crippen LogP contribution in [0.25, 0.3) is 0 Å². The fourth-order valence-electron chi connectivity index (χ4n) is 4.72. The van der Waals surface area contributed by atoms with Crippen molar-refractivity contribution in [3.8, 4) is 11.5 Å². The third-order valence-corrected chi connectivity index (χ3v) is 7.71. The molecule has 3 rings (SSSR count). The van der Waals surface area contributed by atoms with Crippen LogP contribution in [0.5, 0.6) is 11.5 Å². The van der Waals surface area contributed by atoms with Crippen LogP contribution in [0.1, 0.15) is 150 Å². The monoisotopic (exact) mass is 817 g/mol. The molecular formula is C42H68LaN3O4. The molecule has 1 aliphatic rings. The predicted molar refractivity (Wildman–Crippen MR) is 204 cm³/mol. The first-order valence-electron chi connectivity index (χ1n) is 17.9. The van der Waals surface area contributed by atoms with Gasteiger partial charge in [-0.1, -0.05) is 140 Å². The van der Waals surface area contributed by atoms with E-state index in [-0.39, 0.29) is 68.8 Å². The number of ether oxygens (including phenoxy) is 1. The van der Waals surface area contributed by atoms with Crippen molar-refractivity contribution < 1.29 is 55.7 Å². The van der Waals surface area contributed by atoms with Crippen LogP contribution in [0.15, 0.2) is 34.3 Å². The molecule has 8 heteroatoms. The average molecular weight is 818 g/mol. The molecule has 0 bridgehead atoms. The molecule has 0 saturated carbocycles. The minimum atomic E-state index is -0.750. The molecule has 2 aromatic carbocycles. The topological polar surface area (TPSA) is 115 Å². The second-order valence-electron chi connectivity index (χ2n) is 18.1. The molecule has 1 saturated heterocycles. The van der Waals surface area contributed by atoms with E-state index < -0.39 is 5.60 Å². The van der Waals surface area contributed by atoms with E-state index in [1.165, 1.54) is 12.8 Å². The number of hydrogen-bond donors (Lipinski definition) is 1. The SMILES string of the molecule is C1CCOC1.CC(C)(C)[O-].CC(C)(C)c1cc(C=NCCNCCN=Cc2cc(C(C)(C)C)cc(C(C)(C)C)c2[O-])c([O-])c(C(C)(C)C)c1.[La+3]. The Bertz CT molecular complexity index is 1260. The summed E-state index contributed by atoms with van der Waals surface area (Å²) in [6, 6.07) is 8.07. The summed E-state index contributed by atoms with van der Waals surface area (Å²) in [6.07, 6.45) is 5.99. The number of aliphatic imine (C=N–C) groups is 2. The Morgan fingerprint density at radius 1 is 0.600 bits per heavy atom. The fourth-order valence-corrected chi connectivity index (χ4v) is 4.72. The van der Waals surface area contributed by atoms with Gasteiger partial charge in [-0.25, -0.2) is 0 Å². The van der Waals surface area contributed by atoms with Crippen LogP contribution in [0, 0.1) is 35.6 Å². The summed E-state index contributed by atoms with van der Waals surface area (Å²) in [5.41, 5.74) is 3.96. The number of benzene rings is 2. The van der Waals surface area contributed by atoms with E-state index in [1.807, 2.05) is 12.1 Å². The van der Waals surface area contributed by atoms with E-state index >= 15 is 0 Å². The van der Waals surface area contributed by atoms with Gasteiger partial charge in [-0.2, -0.15) is 0 Å². The van der Waals surface area contributed by atoms with Gasteiger partial charge in [-0.15, -0.1) is 5.60 Å². The maximum absolute atomic E-state index is 13.1. The van der Waals surface area contributed by atoms with Crippen molar-refractivity contribution in [1.82, 2.24) is 5.32 Å². The van der Waals surface area contributed by atoms with Gasteiger partial charge in [-0.3, -0.25) is 9.98 Å². The summed E-state index contributed by atoms with van der Waals surface area (Å²) in [5.74, 6) is 0.119. The number of nitrogens with zero attached hydrogens (tertiary/aromatic N) is 2. The Balaban J connectivity index is 0.00000188. The molecule has 0 spiro atoms. The maximum atomic E-state index is 13.1. The van der Waals surface area contributed by atoms with E-state index in [4.69, 9.17) is 4.74 Å². The molecule has 0 aliphatic carbocycles. The minimum absolute atomic E-state index is 0. The van der Waals surface area contributed by atoms with Crippen LogP contribution in [0.2, 0.25) is 0 Å². The van der Waals surface area contributed by atoms with Crippen LogP contribution >= 0.6 is 0 Å². The number of hydrogen-bond acceptors (Lipinski definition) is 7. The van der Waals surface area contributed by atoms with Gasteiger partial charge in [0.05, 0.1) is 13.1 Å². The number of rotatable bonds is 8. The van der Waals surface area contributed by atoms with Crippen molar-refractivity contribution in [3.05, 3.63) is 57.6 Å². The molecule has 50 heavy (non-hydrogen) atoms. The fraction of sp³-hybridized carbons (Fsp3) is 0.667. The van der Waals surface area contributed by atoms with E-state index in [0.29, 0.717) is 37.3 Å². The first kappa shape index (κ1) is 48.5. The molecule has 0 aromatic heterocycles. The molecule has 2 aromatic rings. The first-order chi connectivity index (χ1) is 22.2. The second kappa shape index (κ2) is 20.6. The minimum Gasteiger partial charge on any atom is -0.872 e. The third kappa shape index (κ3) is 18.8. The Morgan fingerprint density at radius 2 is 0.920 bits per heavy atom. The van der Waals surface area contributed by atoms with E-state index in [9.17, 15) is 15.3 Å². The summed E-state index contributed by atoms with van der Waals surface area (Å²) < 4.78 is 4.94. The summed E-state index contributed by atoms with van der Waals surface area (Å²) in [7, 11) is 0. The molecule has 0 amide bonds. The normalized spacial score (nSPS) is 14.2. The van der Waals surface area contributed by atoms with Gasteiger partial charge in [-0.05, 0) is 67.9 Å². The summed E-state index contributed by atoms with van der Waals surface area (Å²) in [6.45, 7) is 34.8. The molecule has 7 nitrogen and oxygen atoms in total. The van der Waals surface area contributed by atoms with E-state index in [1.54, 1.807) is 33.2 Å². The van der Waals surface area contributed by atoms with E-state index in [2.05, 4.69) is 111 Å². The van der Waals surface area contributed by atoms with Crippen molar-refractivity contribution in [3.63, 3.8) is 0 Å². The second-order valence-corrected chi connectivity index (χ2v) is 18.1. The van der Waals surface area contributed by atoms with Crippen LogP contribution in [0.3, 0.4) is 0 Å². The predicted octanol–water partition coefficient (Wildman–Crippen LogP) is 7.09. The van der Waals surface area contributed by atoms with Gasteiger partial charge in [0.2, 0.25) is 0 Å². The van der Waals surface area contributed by atoms with Gasteiger partial charge < -0.3 is 25.4 Å². The van der Waals surface area contributed by atoms with Gasteiger partial charge in [0.25, 0.3) is 0 Å². The van der Waals surface area contributed by atoms with Crippen molar-refractivity contribution in [2.75, 3.05) is 39.4 Å². The zero-order valence-corrected chi connectivity index (χ0v) is 37.9. The summed E-state index contributed by atoms with van der Waals surface area (Å²) >= 11 is 0. The van der Waals surface area contributed by atoms with Crippen molar-refractivity contribution in [2.45, 2.75) is 144 Å². The zero-order valence-electron chi connectivity index (χ0n) is 34.2. The standard InChI is InChI=1S/C34H53N3O2.C4H8O.C4H9O.La/c1-31(2,3)25-17-23(29(38)27(19-25)33(7,8)9)21-36-15-13-35-14-16-37-22-24-18-26(32(4,5)6)20-28(30(24)39)34(10,11)12;1-2-4-5-3-1;1-4(2,3)5;/h17-22,35,38-39H,13-16H2,1-12H3;1-4H2;1-3H3;/q;;-1;+3/p-2. The molecule has 278 valence electrons. The average Bonchev–Trinajstić information content (AvgIpc) is 3.50. The van der Waals surface area contributed by atoms with Crippen LogP contribution in [-0.2, 0) is 26.4 Å². The van der Waals surface area contributed by atoms with Gasteiger partial charge in [0.1, 0.15) is 0 Å².